The first kappa shape index (κ1) is 18.8. The van der Waals surface area contributed by atoms with Gasteiger partial charge in [-0.1, -0.05) is 24.3 Å². The molecule has 0 aliphatic carbocycles. The number of methoxy groups -OCH3 is 1. The molecule has 0 aliphatic heterocycles. The molecule has 0 aliphatic rings. The van der Waals surface area contributed by atoms with E-state index in [0.29, 0.717) is 12.8 Å². The molecule has 0 saturated heterocycles. The summed E-state index contributed by atoms with van der Waals surface area (Å²) < 4.78 is 11.1. The fourth-order valence-electron chi connectivity index (χ4n) is 3.12. The molecule has 3 rings (SSSR count). The van der Waals surface area contributed by atoms with E-state index in [1.807, 2.05) is 61.5 Å². The molecule has 1 amide bonds. The number of hydrogen-bond acceptors (Lipinski definition) is 3. The van der Waals surface area contributed by atoms with Crippen molar-refractivity contribution >= 4 is 5.91 Å². The molecule has 1 heterocycles. The highest BCUT2D eigenvalue weighted by molar-refractivity contribution is 5.76. The Labute approximate surface area is 160 Å². The molecule has 4 heteroatoms. The molecule has 1 aromatic heterocycles. The van der Waals surface area contributed by atoms with Crippen LogP contribution in [0, 0.1) is 6.92 Å². The molecule has 0 bridgehead atoms. The van der Waals surface area contributed by atoms with Gasteiger partial charge in [-0.05, 0) is 61.4 Å². The average molecular weight is 363 g/mol. The van der Waals surface area contributed by atoms with E-state index in [1.54, 1.807) is 7.11 Å². The molecule has 0 saturated carbocycles. The highest BCUT2D eigenvalue weighted by Crippen LogP contribution is 2.25. The maximum Gasteiger partial charge on any atom is 0.220 e. The minimum absolute atomic E-state index is 0.00911. The van der Waals surface area contributed by atoms with Gasteiger partial charge in [-0.2, -0.15) is 0 Å². The van der Waals surface area contributed by atoms with Crippen LogP contribution in [-0.4, -0.2) is 13.0 Å². The van der Waals surface area contributed by atoms with Gasteiger partial charge in [0.2, 0.25) is 5.91 Å². The zero-order valence-electron chi connectivity index (χ0n) is 16.0. The first-order valence-electron chi connectivity index (χ1n) is 9.15. The van der Waals surface area contributed by atoms with Gasteiger partial charge in [0, 0.05) is 18.4 Å². The topological polar surface area (TPSA) is 51.5 Å². The van der Waals surface area contributed by atoms with Crippen LogP contribution in [0.25, 0.3) is 11.3 Å². The summed E-state index contributed by atoms with van der Waals surface area (Å²) in [6, 6.07) is 19.7. The van der Waals surface area contributed by atoms with Gasteiger partial charge in [-0.3, -0.25) is 4.79 Å². The second kappa shape index (κ2) is 8.58. The van der Waals surface area contributed by atoms with Crippen molar-refractivity contribution in [2.24, 2.45) is 0 Å². The molecule has 0 fully saturated rings. The summed E-state index contributed by atoms with van der Waals surface area (Å²) in [6.45, 7) is 4.07. The van der Waals surface area contributed by atoms with Crippen LogP contribution in [0.15, 0.2) is 65.1 Å². The molecule has 1 N–H and O–H groups in total. The minimum Gasteiger partial charge on any atom is -0.497 e. The van der Waals surface area contributed by atoms with Gasteiger partial charge < -0.3 is 14.5 Å². The molecule has 0 radical (unpaired) electrons. The van der Waals surface area contributed by atoms with Gasteiger partial charge in [-0.25, -0.2) is 0 Å². The third-order valence-corrected chi connectivity index (χ3v) is 4.67. The van der Waals surface area contributed by atoms with Crippen LogP contribution < -0.4 is 10.1 Å². The summed E-state index contributed by atoms with van der Waals surface area (Å²) in [5.74, 6) is 2.43. The maximum absolute atomic E-state index is 12.3. The van der Waals surface area contributed by atoms with Gasteiger partial charge in [0.15, 0.2) is 0 Å². The number of nitrogens with one attached hydrogen (secondary N) is 1. The van der Waals surface area contributed by atoms with Gasteiger partial charge >= 0.3 is 0 Å². The molecule has 140 valence electrons. The number of rotatable bonds is 7. The van der Waals surface area contributed by atoms with E-state index < -0.39 is 0 Å². The second-order valence-electron chi connectivity index (χ2n) is 6.64. The zero-order valence-corrected chi connectivity index (χ0v) is 16.0. The molecular weight excluding hydrogens is 338 g/mol. The Morgan fingerprint density at radius 3 is 2.52 bits per heavy atom. The van der Waals surface area contributed by atoms with Gasteiger partial charge in [-0.15, -0.1) is 0 Å². The lowest BCUT2D eigenvalue weighted by atomic mass is 10.0. The molecular formula is C23H25NO3. The molecule has 2 aromatic carbocycles. The highest BCUT2D eigenvalue weighted by atomic mass is 16.5. The largest absolute Gasteiger partial charge is 0.497 e. The number of hydrogen-bond donors (Lipinski definition) is 1. The molecule has 1 atom stereocenters. The first-order valence-corrected chi connectivity index (χ1v) is 9.15. The highest BCUT2D eigenvalue weighted by Gasteiger charge is 2.12. The quantitative estimate of drug-likeness (QED) is 0.637. The Morgan fingerprint density at radius 1 is 1.07 bits per heavy atom. The van der Waals surface area contributed by atoms with Crippen LogP contribution in [0.1, 0.15) is 36.3 Å². The third-order valence-electron chi connectivity index (χ3n) is 4.67. The Bertz CT molecular complexity index is 896. The van der Waals surface area contributed by atoms with Crippen LogP contribution >= 0.6 is 0 Å². The van der Waals surface area contributed by atoms with E-state index in [9.17, 15) is 4.79 Å². The Hall–Kier alpha value is -3.01. The monoisotopic (exact) mass is 363 g/mol. The summed E-state index contributed by atoms with van der Waals surface area (Å²) in [7, 11) is 1.64. The second-order valence-corrected chi connectivity index (χ2v) is 6.64. The fraction of sp³-hybridized carbons (Fsp3) is 0.261. The minimum atomic E-state index is -0.00911. The van der Waals surface area contributed by atoms with Crippen molar-refractivity contribution in [3.05, 3.63) is 77.6 Å². The van der Waals surface area contributed by atoms with E-state index in [4.69, 9.17) is 9.15 Å². The normalized spacial score (nSPS) is 11.8. The average Bonchev–Trinajstić information content (AvgIpc) is 3.16. The number of carbonyl (C=O) groups excluding carboxylic acids is 1. The summed E-state index contributed by atoms with van der Waals surface area (Å²) in [6.07, 6.45) is 0.967. The number of amides is 1. The number of benzene rings is 2. The molecule has 27 heavy (non-hydrogen) atoms. The maximum atomic E-state index is 12.3. The lowest BCUT2D eigenvalue weighted by Gasteiger charge is -2.16. The van der Waals surface area contributed by atoms with E-state index in [1.165, 1.54) is 5.56 Å². The third kappa shape index (κ3) is 4.79. The van der Waals surface area contributed by atoms with Gasteiger partial charge in [0.25, 0.3) is 0 Å². The lowest BCUT2D eigenvalue weighted by Crippen LogP contribution is -2.27. The van der Waals surface area contributed by atoms with Crippen LogP contribution in [0.2, 0.25) is 0 Å². The van der Waals surface area contributed by atoms with Crippen molar-refractivity contribution in [2.75, 3.05) is 7.11 Å². The predicted octanol–water partition coefficient (Wildman–Crippen LogP) is 5.07. The zero-order chi connectivity index (χ0) is 19.2. The van der Waals surface area contributed by atoms with Crippen molar-refractivity contribution in [3.63, 3.8) is 0 Å². The van der Waals surface area contributed by atoms with E-state index in [2.05, 4.69) is 18.3 Å². The van der Waals surface area contributed by atoms with Crippen LogP contribution in [0.4, 0.5) is 0 Å². The SMILES string of the molecule is COc1ccc(-c2ccc(CCC(=O)NC(C)c3ccccc3C)o2)cc1. The van der Waals surface area contributed by atoms with E-state index >= 15 is 0 Å². The van der Waals surface area contributed by atoms with E-state index in [-0.39, 0.29) is 11.9 Å². The lowest BCUT2D eigenvalue weighted by molar-refractivity contribution is -0.121. The Kier molecular flexibility index (Phi) is 5.97. The summed E-state index contributed by atoms with van der Waals surface area (Å²) >= 11 is 0. The molecule has 0 spiro atoms. The summed E-state index contributed by atoms with van der Waals surface area (Å²) in [5.41, 5.74) is 3.31. The van der Waals surface area contributed by atoms with Gasteiger partial charge in [0.1, 0.15) is 17.3 Å². The first-order chi connectivity index (χ1) is 13.1. The number of ether oxygens (including phenoxy) is 1. The molecule has 3 aromatic rings. The molecule has 4 nitrogen and oxygen atoms in total. The van der Waals surface area contributed by atoms with Crippen molar-refractivity contribution in [1.82, 2.24) is 5.32 Å². The fourth-order valence-corrected chi connectivity index (χ4v) is 3.12. The Morgan fingerprint density at radius 2 is 1.81 bits per heavy atom. The van der Waals surface area contributed by atoms with Crippen molar-refractivity contribution < 1.29 is 13.9 Å². The van der Waals surface area contributed by atoms with Crippen molar-refractivity contribution in [2.45, 2.75) is 32.7 Å². The predicted molar refractivity (Wildman–Crippen MR) is 107 cm³/mol. The smallest absolute Gasteiger partial charge is 0.220 e. The number of aryl methyl sites for hydroxylation is 2. The van der Waals surface area contributed by atoms with Gasteiger partial charge in [0.05, 0.1) is 13.2 Å². The van der Waals surface area contributed by atoms with Crippen LogP contribution in [0.5, 0.6) is 5.75 Å². The van der Waals surface area contributed by atoms with Crippen LogP contribution in [0.3, 0.4) is 0 Å². The van der Waals surface area contributed by atoms with Crippen molar-refractivity contribution in [3.8, 4) is 17.1 Å². The van der Waals surface area contributed by atoms with Crippen molar-refractivity contribution in [1.29, 1.82) is 0 Å². The number of carbonyl (C=O) groups is 1. The number of furan rings is 1. The Balaban J connectivity index is 1.55. The summed E-state index contributed by atoms with van der Waals surface area (Å²) in [4.78, 5) is 12.3. The standard InChI is InChI=1S/C23H25NO3/c1-16-6-4-5-7-21(16)17(2)24-23(25)15-13-20-12-14-22(27-20)18-8-10-19(26-3)11-9-18/h4-12,14,17H,13,15H2,1-3H3,(H,24,25). The molecule has 1 unspecified atom stereocenters. The van der Waals surface area contributed by atoms with E-state index in [0.717, 1.165) is 28.4 Å². The van der Waals surface area contributed by atoms with Crippen LogP contribution in [-0.2, 0) is 11.2 Å². The summed E-state index contributed by atoms with van der Waals surface area (Å²) in [5, 5.41) is 3.06.